The van der Waals surface area contributed by atoms with E-state index in [1.54, 1.807) is 42.5 Å². The van der Waals surface area contributed by atoms with Gasteiger partial charge in [-0.2, -0.15) is 0 Å². The van der Waals surface area contributed by atoms with Crippen LogP contribution in [0.3, 0.4) is 0 Å². The monoisotopic (exact) mass is 550 g/mol. The van der Waals surface area contributed by atoms with Crippen molar-refractivity contribution in [1.29, 1.82) is 0 Å². The molecule has 0 fully saturated rings. The lowest BCUT2D eigenvalue weighted by atomic mass is 10.1. The molecule has 30 heavy (non-hydrogen) atoms. The van der Waals surface area contributed by atoms with Crippen molar-refractivity contribution in [3.8, 4) is 5.75 Å². The van der Waals surface area contributed by atoms with Crippen LogP contribution in [0, 0.1) is 6.92 Å². The first-order chi connectivity index (χ1) is 14.3. The standard InChI is InChI=1S/C23H17Br2ClO4/c1-14-9-19(24)22(20(25)10-14)29-12-15-5-7-16(8-6-15)23(28)30-13-21(27)17-3-2-4-18(26)11-17/h2-11H,12-13H2,1H3. The summed E-state index contributed by atoms with van der Waals surface area (Å²) in [6.07, 6.45) is 0. The SMILES string of the molecule is Cc1cc(Br)c(OCc2ccc(C(=O)OCC(=O)c3cccc(Cl)c3)cc2)c(Br)c1. The van der Waals surface area contributed by atoms with Gasteiger partial charge in [-0.05, 0) is 86.3 Å². The van der Waals surface area contributed by atoms with E-state index >= 15 is 0 Å². The Morgan fingerprint density at radius 2 is 1.60 bits per heavy atom. The molecule has 7 heteroatoms. The van der Waals surface area contributed by atoms with Crippen molar-refractivity contribution >= 4 is 55.2 Å². The third-order valence-electron chi connectivity index (χ3n) is 4.20. The second-order valence-corrected chi connectivity index (χ2v) is 8.70. The molecule has 154 valence electrons. The molecular formula is C23H17Br2ClO4. The second-order valence-electron chi connectivity index (χ2n) is 6.55. The Labute approximate surface area is 196 Å². The fraction of sp³-hybridized carbons (Fsp3) is 0.130. The summed E-state index contributed by atoms with van der Waals surface area (Å²) in [5.74, 6) is -0.171. The van der Waals surface area contributed by atoms with E-state index < -0.39 is 5.97 Å². The molecule has 3 rings (SSSR count). The molecule has 0 bridgehead atoms. The molecular weight excluding hydrogens is 536 g/mol. The molecule has 0 heterocycles. The van der Waals surface area contributed by atoms with E-state index in [9.17, 15) is 9.59 Å². The molecule has 4 nitrogen and oxygen atoms in total. The average molecular weight is 553 g/mol. The normalized spacial score (nSPS) is 10.5. The first kappa shape index (κ1) is 22.5. The highest BCUT2D eigenvalue weighted by molar-refractivity contribution is 9.11. The number of esters is 1. The molecule has 0 saturated carbocycles. The van der Waals surface area contributed by atoms with Crippen molar-refractivity contribution in [1.82, 2.24) is 0 Å². The predicted octanol–water partition coefficient (Wildman–Crippen LogP) is 6.79. The van der Waals surface area contributed by atoms with Crippen molar-refractivity contribution < 1.29 is 19.1 Å². The highest BCUT2D eigenvalue weighted by Crippen LogP contribution is 2.35. The van der Waals surface area contributed by atoms with Gasteiger partial charge in [-0.15, -0.1) is 0 Å². The minimum atomic E-state index is -0.568. The van der Waals surface area contributed by atoms with Crippen molar-refractivity contribution in [2.75, 3.05) is 6.61 Å². The van der Waals surface area contributed by atoms with E-state index in [1.807, 2.05) is 19.1 Å². The zero-order valence-electron chi connectivity index (χ0n) is 16.0. The zero-order chi connectivity index (χ0) is 21.7. The summed E-state index contributed by atoms with van der Waals surface area (Å²) in [6.45, 7) is 1.99. The number of rotatable bonds is 7. The van der Waals surface area contributed by atoms with E-state index in [0.29, 0.717) is 28.5 Å². The summed E-state index contributed by atoms with van der Waals surface area (Å²) in [5.41, 5.74) is 2.75. The Morgan fingerprint density at radius 3 is 2.23 bits per heavy atom. The Morgan fingerprint density at radius 1 is 0.933 bits per heavy atom. The van der Waals surface area contributed by atoms with Crippen molar-refractivity contribution in [2.24, 2.45) is 0 Å². The molecule has 0 N–H and O–H groups in total. The van der Waals surface area contributed by atoms with Crippen molar-refractivity contribution in [2.45, 2.75) is 13.5 Å². The van der Waals surface area contributed by atoms with Crippen LogP contribution in [0.4, 0.5) is 0 Å². The molecule has 0 aromatic heterocycles. The van der Waals surface area contributed by atoms with Gasteiger partial charge >= 0.3 is 5.97 Å². The summed E-state index contributed by atoms with van der Waals surface area (Å²) in [4.78, 5) is 24.3. The van der Waals surface area contributed by atoms with Gasteiger partial charge in [-0.25, -0.2) is 4.79 Å². The summed E-state index contributed by atoms with van der Waals surface area (Å²) in [5, 5.41) is 0.453. The largest absolute Gasteiger partial charge is 0.487 e. The minimum Gasteiger partial charge on any atom is -0.487 e. The Balaban J connectivity index is 1.56. The third kappa shape index (κ3) is 5.94. The van der Waals surface area contributed by atoms with Gasteiger partial charge in [0, 0.05) is 10.6 Å². The fourth-order valence-corrected chi connectivity index (χ4v) is 4.51. The molecule has 0 amide bonds. The summed E-state index contributed by atoms with van der Waals surface area (Å²) < 4.78 is 12.7. The maximum Gasteiger partial charge on any atom is 0.338 e. The Kier molecular flexibility index (Phi) is 7.69. The number of halogens is 3. The van der Waals surface area contributed by atoms with Gasteiger partial charge in [-0.3, -0.25) is 4.79 Å². The molecule has 3 aromatic carbocycles. The number of aryl methyl sites for hydroxylation is 1. The summed E-state index contributed by atoms with van der Waals surface area (Å²) >= 11 is 12.9. The smallest absolute Gasteiger partial charge is 0.338 e. The molecule has 0 aliphatic heterocycles. The predicted molar refractivity (Wildman–Crippen MR) is 123 cm³/mol. The number of ketones is 1. The molecule has 3 aromatic rings. The van der Waals surface area contributed by atoms with Gasteiger partial charge in [0.25, 0.3) is 0 Å². The number of hydrogen-bond acceptors (Lipinski definition) is 4. The lowest BCUT2D eigenvalue weighted by molar-refractivity contribution is 0.0474. The van der Waals surface area contributed by atoms with Gasteiger partial charge in [0.15, 0.2) is 12.4 Å². The van der Waals surface area contributed by atoms with Crippen LogP contribution in [0.15, 0.2) is 69.6 Å². The maximum atomic E-state index is 12.2. The van der Waals surface area contributed by atoms with Crippen LogP contribution < -0.4 is 4.74 Å². The number of Topliss-reactive ketones (excluding diaryl/α,β-unsaturated/α-hetero) is 1. The lowest BCUT2D eigenvalue weighted by Gasteiger charge is -2.11. The van der Waals surface area contributed by atoms with Gasteiger partial charge in [0.2, 0.25) is 0 Å². The first-order valence-corrected chi connectivity index (χ1v) is 10.9. The van der Waals surface area contributed by atoms with Crippen LogP contribution in [0.25, 0.3) is 0 Å². The topological polar surface area (TPSA) is 52.6 Å². The minimum absolute atomic E-state index is 0.315. The highest BCUT2D eigenvalue weighted by Gasteiger charge is 2.13. The molecule has 0 atom stereocenters. The van der Waals surface area contributed by atoms with Crippen LogP contribution >= 0.6 is 43.5 Å². The summed E-state index contributed by atoms with van der Waals surface area (Å²) in [6, 6.07) is 17.3. The van der Waals surface area contributed by atoms with Gasteiger partial charge < -0.3 is 9.47 Å². The molecule has 0 spiro atoms. The van der Waals surface area contributed by atoms with E-state index in [4.69, 9.17) is 21.1 Å². The van der Waals surface area contributed by atoms with Crippen LogP contribution in [0.2, 0.25) is 5.02 Å². The van der Waals surface area contributed by atoms with E-state index in [2.05, 4.69) is 31.9 Å². The molecule has 0 aliphatic rings. The Bertz CT molecular complexity index is 1060. The second kappa shape index (κ2) is 10.2. The molecule has 0 saturated heterocycles. The number of benzene rings is 3. The van der Waals surface area contributed by atoms with Crippen LogP contribution in [0.5, 0.6) is 5.75 Å². The number of carbonyl (C=O) groups is 2. The van der Waals surface area contributed by atoms with Gasteiger partial charge in [-0.1, -0.05) is 35.9 Å². The highest BCUT2D eigenvalue weighted by atomic mass is 79.9. The van der Waals surface area contributed by atoms with E-state index in [-0.39, 0.29) is 12.4 Å². The molecule has 0 radical (unpaired) electrons. The quantitative estimate of drug-likeness (QED) is 0.239. The number of ether oxygens (including phenoxy) is 2. The number of hydrogen-bond donors (Lipinski definition) is 0. The van der Waals surface area contributed by atoms with E-state index in [1.165, 1.54) is 6.07 Å². The van der Waals surface area contributed by atoms with Gasteiger partial charge in [0.1, 0.15) is 12.4 Å². The van der Waals surface area contributed by atoms with Crippen molar-refractivity contribution in [3.63, 3.8) is 0 Å². The third-order valence-corrected chi connectivity index (χ3v) is 5.61. The zero-order valence-corrected chi connectivity index (χ0v) is 19.9. The Hall–Kier alpha value is -2.15. The number of carbonyl (C=O) groups excluding carboxylic acids is 2. The summed E-state index contributed by atoms with van der Waals surface area (Å²) in [7, 11) is 0. The van der Waals surface area contributed by atoms with E-state index in [0.717, 1.165) is 20.1 Å². The fourth-order valence-electron chi connectivity index (χ4n) is 2.68. The molecule has 0 aliphatic carbocycles. The van der Waals surface area contributed by atoms with Crippen LogP contribution in [-0.4, -0.2) is 18.4 Å². The first-order valence-electron chi connectivity index (χ1n) is 8.97. The van der Waals surface area contributed by atoms with Crippen LogP contribution in [0.1, 0.15) is 31.8 Å². The maximum absolute atomic E-state index is 12.2. The van der Waals surface area contributed by atoms with Crippen molar-refractivity contribution in [3.05, 3.63) is 96.9 Å². The molecule has 0 unspecified atom stereocenters. The lowest BCUT2D eigenvalue weighted by Crippen LogP contribution is -2.14. The average Bonchev–Trinajstić information content (AvgIpc) is 2.71. The van der Waals surface area contributed by atoms with Crippen LogP contribution in [-0.2, 0) is 11.3 Å². The van der Waals surface area contributed by atoms with Gasteiger partial charge in [0.05, 0.1) is 14.5 Å².